The minimum atomic E-state index is 0. The van der Waals surface area contributed by atoms with Gasteiger partial charge in [-0.05, 0) is 47.1 Å². The molecule has 0 aromatic carbocycles. The Labute approximate surface area is 148 Å². The van der Waals surface area contributed by atoms with Gasteiger partial charge < -0.3 is 15.4 Å². The van der Waals surface area contributed by atoms with Crippen molar-refractivity contribution in [2.24, 2.45) is 10.9 Å². The van der Waals surface area contributed by atoms with Crippen molar-refractivity contribution in [1.29, 1.82) is 0 Å². The van der Waals surface area contributed by atoms with Gasteiger partial charge in [0.2, 0.25) is 0 Å². The number of hydrogen-bond donors (Lipinski definition) is 2. The topological polar surface area (TPSA) is 45.7 Å². The smallest absolute Gasteiger partial charge is 0.191 e. The quantitative estimate of drug-likeness (QED) is 0.293. The third-order valence-electron chi connectivity index (χ3n) is 3.50. The molecule has 1 aromatic rings. The Hall–Kier alpha value is -0.340. The summed E-state index contributed by atoms with van der Waals surface area (Å²) in [5, 5.41) is 11.0. The standard InChI is InChI=1S/C15H25N3OS.HI/c1-12(14-5-8-20-11-14)9-18-15(16-2)17-6-7-19-10-13-3-4-13;/h5,8,11-13H,3-4,6-7,9-10H2,1-2H3,(H2,16,17,18);1H. The lowest BCUT2D eigenvalue weighted by Gasteiger charge is -2.15. The fourth-order valence-corrected chi connectivity index (χ4v) is 2.70. The highest BCUT2D eigenvalue weighted by Gasteiger charge is 2.20. The maximum Gasteiger partial charge on any atom is 0.191 e. The average molecular weight is 423 g/mol. The molecule has 1 heterocycles. The summed E-state index contributed by atoms with van der Waals surface area (Å²) in [6, 6.07) is 2.18. The van der Waals surface area contributed by atoms with E-state index in [2.05, 4.69) is 39.4 Å². The van der Waals surface area contributed by atoms with E-state index in [1.165, 1.54) is 18.4 Å². The molecule has 1 fully saturated rings. The van der Waals surface area contributed by atoms with E-state index in [1.807, 2.05) is 0 Å². The summed E-state index contributed by atoms with van der Waals surface area (Å²) in [7, 11) is 1.80. The van der Waals surface area contributed by atoms with Crippen LogP contribution in [0.25, 0.3) is 0 Å². The van der Waals surface area contributed by atoms with Gasteiger partial charge in [0.15, 0.2) is 5.96 Å². The van der Waals surface area contributed by atoms with Gasteiger partial charge >= 0.3 is 0 Å². The minimum Gasteiger partial charge on any atom is -0.379 e. The maximum absolute atomic E-state index is 5.59. The third kappa shape index (κ3) is 7.46. The van der Waals surface area contributed by atoms with E-state index in [1.54, 1.807) is 18.4 Å². The summed E-state index contributed by atoms with van der Waals surface area (Å²) in [5.41, 5.74) is 1.38. The zero-order chi connectivity index (χ0) is 14.2. The van der Waals surface area contributed by atoms with Crippen molar-refractivity contribution in [3.63, 3.8) is 0 Å². The molecule has 0 amide bonds. The number of thiophene rings is 1. The van der Waals surface area contributed by atoms with Crippen LogP contribution >= 0.6 is 35.3 Å². The van der Waals surface area contributed by atoms with Gasteiger partial charge in [-0.15, -0.1) is 24.0 Å². The number of nitrogens with zero attached hydrogens (tertiary/aromatic N) is 1. The number of halogens is 1. The van der Waals surface area contributed by atoms with Crippen molar-refractivity contribution < 1.29 is 4.74 Å². The van der Waals surface area contributed by atoms with Crippen molar-refractivity contribution in [1.82, 2.24) is 10.6 Å². The summed E-state index contributed by atoms with van der Waals surface area (Å²) in [4.78, 5) is 4.23. The van der Waals surface area contributed by atoms with Gasteiger partial charge in [-0.3, -0.25) is 4.99 Å². The molecule has 2 N–H and O–H groups in total. The van der Waals surface area contributed by atoms with E-state index in [9.17, 15) is 0 Å². The van der Waals surface area contributed by atoms with Crippen LogP contribution in [0.1, 0.15) is 31.2 Å². The van der Waals surface area contributed by atoms with Crippen LogP contribution in [0.4, 0.5) is 0 Å². The van der Waals surface area contributed by atoms with Crippen LogP contribution in [0.2, 0.25) is 0 Å². The highest BCUT2D eigenvalue weighted by Crippen LogP contribution is 2.28. The highest BCUT2D eigenvalue weighted by molar-refractivity contribution is 14.0. The number of aliphatic imine (C=N–C) groups is 1. The van der Waals surface area contributed by atoms with Gasteiger partial charge in [0.25, 0.3) is 0 Å². The molecule has 1 unspecified atom stereocenters. The van der Waals surface area contributed by atoms with Crippen LogP contribution in [0.5, 0.6) is 0 Å². The molecule has 0 radical (unpaired) electrons. The average Bonchev–Trinajstić information content (AvgIpc) is 3.12. The highest BCUT2D eigenvalue weighted by atomic mass is 127. The van der Waals surface area contributed by atoms with Gasteiger partial charge in [0.1, 0.15) is 0 Å². The van der Waals surface area contributed by atoms with Crippen molar-refractivity contribution >= 4 is 41.3 Å². The Morgan fingerprint density at radius 3 is 2.90 bits per heavy atom. The van der Waals surface area contributed by atoms with Gasteiger partial charge in [0.05, 0.1) is 6.61 Å². The number of hydrogen-bond acceptors (Lipinski definition) is 3. The van der Waals surface area contributed by atoms with Crippen LogP contribution in [0.15, 0.2) is 21.8 Å². The van der Waals surface area contributed by atoms with Crippen LogP contribution in [-0.4, -0.2) is 39.3 Å². The van der Waals surface area contributed by atoms with E-state index in [0.717, 1.165) is 38.2 Å². The fraction of sp³-hybridized carbons (Fsp3) is 0.667. The molecule has 120 valence electrons. The second-order valence-corrected chi connectivity index (χ2v) is 6.14. The molecule has 1 saturated carbocycles. The van der Waals surface area contributed by atoms with Crippen LogP contribution < -0.4 is 10.6 Å². The molecular formula is C15H26IN3OS. The Balaban J connectivity index is 0.00000220. The Kier molecular flexibility index (Phi) is 9.26. The van der Waals surface area contributed by atoms with E-state index in [0.29, 0.717) is 5.92 Å². The van der Waals surface area contributed by atoms with Crippen LogP contribution in [0, 0.1) is 5.92 Å². The number of rotatable bonds is 8. The Morgan fingerprint density at radius 2 is 2.29 bits per heavy atom. The largest absolute Gasteiger partial charge is 0.379 e. The van der Waals surface area contributed by atoms with Crippen LogP contribution in [0.3, 0.4) is 0 Å². The predicted octanol–water partition coefficient (Wildman–Crippen LogP) is 3.06. The molecule has 4 nitrogen and oxygen atoms in total. The number of guanidine groups is 1. The normalized spacial score (nSPS) is 16.2. The molecule has 6 heteroatoms. The van der Waals surface area contributed by atoms with Crippen LogP contribution in [-0.2, 0) is 4.74 Å². The second kappa shape index (κ2) is 10.4. The van der Waals surface area contributed by atoms with Gasteiger partial charge in [-0.2, -0.15) is 11.3 Å². The predicted molar refractivity (Wildman–Crippen MR) is 101 cm³/mol. The maximum atomic E-state index is 5.59. The first-order valence-corrected chi connectivity index (χ1v) is 8.28. The zero-order valence-corrected chi connectivity index (χ0v) is 15.9. The summed E-state index contributed by atoms with van der Waals surface area (Å²) < 4.78 is 5.59. The van der Waals surface area contributed by atoms with Crippen molar-refractivity contribution in [2.45, 2.75) is 25.7 Å². The molecule has 0 saturated heterocycles. The molecule has 1 aliphatic rings. The zero-order valence-electron chi connectivity index (χ0n) is 12.8. The lowest BCUT2D eigenvalue weighted by molar-refractivity contribution is 0.129. The lowest BCUT2D eigenvalue weighted by Crippen LogP contribution is -2.40. The van der Waals surface area contributed by atoms with Crippen molar-refractivity contribution in [3.05, 3.63) is 22.4 Å². The van der Waals surface area contributed by atoms with E-state index >= 15 is 0 Å². The first kappa shape index (κ1) is 18.7. The number of ether oxygens (including phenoxy) is 1. The SMILES string of the molecule is CN=C(NCCOCC1CC1)NCC(C)c1ccsc1.I. The first-order chi connectivity index (χ1) is 9.79. The van der Waals surface area contributed by atoms with E-state index in [-0.39, 0.29) is 24.0 Å². The van der Waals surface area contributed by atoms with Gasteiger partial charge in [-0.1, -0.05) is 6.92 Å². The number of nitrogens with one attached hydrogen (secondary N) is 2. The minimum absolute atomic E-state index is 0. The monoisotopic (exact) mass is 423 g/mol. The fourth-order valence-electron chi connectivity index (χ4n) is 1.92. The summed E-state index contributed by atoms with van der Waals surface area (Å²) in [5.74, 6) is 2.17. The van der Waals surface area contributed by atoms with Crippen molar-refractivity contribution in [2.75, 3.05) is 33.4 Å². The molecule has 0 spiro atoms. The molecule has 1 aromatic heterocycles. The molecular weight excluding hydrogens is 397 g/mol. The molecule has 21 heavy (non-hydrogen) atoms. The molecule has 0 aliphatic heterocycles. The summed E-state index contributed by atoms with van der Waals surface area (Å²) in [6.45, 7) is 5.58. The second-order valence-electron chi connectivity index (χ2n) is 5.36. The lowest BCUT2D eigenvalue weighted by atomic mass is 10.1. The summed E-state index contributed by atoms with van der Waals surface area (Å²) >= 11 is 1.74. The van der Waals surface area contributed by atoms with Crippen molar-refractivity contribution in [3.8, 4) is 0 Å². The molecule has 1 aliphatic carbocycles. The van der Waals surface area contributed by atoms with E-state index < -0.39 is 0 Å². The molecule has 2 rings (SSSR count). The molecule has 1 atom stereocenters. The Morgan fingerprint density at radius 1 is 1.48 bits per heavy atom. The van der Waals surface area contributed by atoms with Gasteiger partial charge in [-0.25, -0.2) is 0 Å². The van der Waals surface area contributed by atoms with Gasteiger partial charge in [0, 0.05) is 26.7 Å². The first-order valence-electron chi connectivity index (χ1n) is 7.34. The third-order valence-corrected chi connectivity index (χ3v) is 4.20. The Bertz CT molecular complexity index is 407. The van der Waals surface area contributed by atoms with E-state index in [4.69, 9.17) is 4.74 Å². The summed E-state index contributed by atoms with van der Waals surface area (Å²) in [6.07, 6.45) is 2.69. The molecule has 0 bridgehead atoms.